The van der Waals surface area contributed by atoms with Crippen LogP contribution in [-0.2, 0) is 44.3 Å². The summed E-state index contributed by atoms with van der Waals surface area (Å²) in [5, 5.41) is 24.2. The molecule has 338 valence electrons. The van der Waals surface area contributed by atoms with Crippen molar-refractivity contribution < 1.29 is 37.8 Å². The number of fused-ring (bicyclic) bond motifs is 2. The minimum atomic E-state index is -0.989. The molecule has 0 saturated heterocycles. The number of carbonyl (C=O) groups is 4. The molecule has 6 aromatic rings. The number of rotatable bonds is 14. The predicted octanol–water partition coefficient (Wildman–Crippen LogP) is 7.83. The maximum Gasteiger partial charge on any atom is 0.337 e. The van der Waals surface area contributed by atoms with E-state index in [9.17, 15) is 28.0 Å². The van der Waals surface area contributed by atoms with Gasteiger partial charge in [0.1, 0.15) is 36.1 Å². The number of nitrogens with zero attached hydrogens (tertiary/aromatic N) is 6. The number of carbonyl (C=O) groups excluding carboxylic acids is 3. The molecule has 0 saturated carbocycles. The summed E-state index contributed by atoms with van der Waals surface area (Å²) in [6.45, 7) is 10.3. The number of hydrogen-bond acceptors (Lipinski definition) is 9. The van der Waals surface area contributed by atoms with Crippen molar-refractivity contribution in [1.82, 2.24) is 30.2 Å². The number of carboxylic acids is 1. The number of amides is 2. The fourth-order valence-corrected chi connectivity index (χ4v) is 8.28. The smallest absolute Gasteiger partial charge is 0.337 e. The zero-order chi connectivity index (χ0) is 46.4. The second-order valence-electron chi connectivity index (χ2n) is 16.2. The fraction of sp³-hybridized carbons (Fsp3) is 0.306. The number of carboxylic acid groups (broad SMARTS) is 1. The monoisotopic (exact) mass is 886 g/mol. The van der Waals surface area contributed by atoms with Gasteiger partial charge in [-0.3, -0.25) is 9.59 Å². The number of aryl methyl sites for hydroxylation is 2. The molecule has 4 heterocycles. The summed E-state index contributed by atoms with van der Waals surface area (Å²) >= 11 is 0. The molecular formula is C49H52F2N8O6. The Kier molecular flexibility index (Phi) is 14.0. The SMILES string of the molecule is COC(=O)c1ccc([C@H](C)NC(=O)c2c(C)nn3c2N(Cc2cccc(CF)c2)CC3)cc1.Cc1nn2c(c1C(=O)N[C@@H](C)c1ccc(C(=O)O)cc1)N(Cc1cccc(CF)c1)CC2. The van der Waals surface area contributed by atoms with E-state index in [1.807, 2.05) is 73.5 Å². The van der Waals surface area contributed by atoms with Crippen LogP contribution in [0.5, 0.6) is 0 Å². The van der Waals surface area contributed by atoms with Crippen molar-refractivity contribution in [1.29, 1.82) is 0 Å². The zero-order valence-corrected chi connectivity index (χ0v) is 37.0. The molecule has 2 aromatic heterocycles. The molecule has 0 unspecified atom stereocenters. The maximum atomic E-state index is 13.3. The van der Waals surface area contributed by atoms with Crippen molar-refractivity contribution in [3.05, 3.63) is 164 Å². The number of methoxy groups -OCH3 is 1. The van der Waals surface area contributed by atoms with Crippen LogP contribution in [-0.4, -0.2) is 68.6 Å². The highest BCUT2D eigenvalue weighted by atomic mass is 19.1. The number of aromatic nitrogens is 4. The van der Waals surface area contributed by atoms with E-state index in [0.29, 0.717) is 65.4 Å². The summed E-state index contributed by atoms with van der Waals surface area (Å²) in [4.78, 5) is 53.4. The van der Waals surface area contributed by atoms with Gasteiger partial charge in [-0.05, 0) is 85.3 Å². The summed E-state index contributed by atoms with van der Waals surface area (Å²) in [5.74, 6) is -0.286. The molecule has 3 N–H and O–H groups in total. The molecule has 2 aliphatic heterocycles. The molecule has 2 amide bonds. The Balaban J connectivity index is 0.000000194. The second-order valence-corrected chi connectivity index (χ2v) is 16.2. The van der Waals surface area contributed by atoms with Crippen molar-refractivity contribution in [3.63, 3.8) is 0 Å². The molecule has 16 heteroatoms. The first-order chi connectivity index (χ1) is 31.3. The lowest BCUT2D eigenvalue weighted by atomic mass is 10.1. The largest absolute Gasteiger partial charge is 0.478 e. The number of ether oxygens (including phenoxy) is 1. The van der Waals surface area contributed by atoms with Gasteiger partial charge in [-0.15, -0.1) is 0 Å². The topological polar surface area (TPSA) is 164 Å². The van der Waals surface area contributed by atoms with Crippen LogP contribution in [0.4, 0.5) is 20.4 Å². The summed E-state index contributed by atoms with van der Waals surface area (Å²) in [6.07, 6.45) is 0. The average molecular weight is 887 g/mol. The molecule has 2 aliphatic rings. The molecule has 0 radical (unpaired) electrons. The van der Waals surface area contributed by atoms with Crippen LogP contribution in [0.3, 0.4) is 0 Å². The molecule has 4 aromatic carbocycles. The minimum Gasteiger partial charge on any atom is -0.478 e. The van der Waals surface area contributed by atoms with E-state index in [1.165, 1.54) is 19.2 Å². The van der Waals surface area contributed by atoms with Crippen LogP contribution < -0.4 is 20.4 Å². The van der Waals surface area contributed by atoms with E-state index >= 15 is 0 Å². The third-order valence-electron chi connectivity index (χ3n) is 11.6. The standard InChI is InChI=1S/C25H27FN4O3.C24H25FN4O3/c1-16(20-7-9-21(10-8-20)25(32)33-3)27-23(31)22-17(2)28-30-12-11-29(24(22)30)15-19-6-4-5-18(13-19)14-26;1-15(19-6-8-20(9-7-19)24(31)32)26-22(30)21-16(2)27-29-11-10-28(23(21)29)14-18-5-3-4-17(12-18)13-25/h4-10,13,16H,11-12,14-15H2,1-3H3,(H,27,31);3-9,12,15H,10-11,13-14H2,1-2H3,(H,26,30)(H,31,32)/t16-;15-/m00/s1. The number of benzene rings is 4. The van der Waals surface area contributed by atoms with Crippen LogP contribution >= 0.6 is 0 Å². The van der Waals surface area contributed by atoms with Gasteiger partial charge in [0, 0.05) is 26.2 Å². The molecule has 0 aliphatic carbocycles. The molecule has 0 bridgehead atoms. The first kappa shape index (κ1) is 45.7. The molecule has 2 atom stereocenters. The van der Waals surface area contributed by atoms with Gasteiger partial charge in [0.2, 0.25) is 0 Å². The summed E-state index contributed by atoms with van der Waals surface area (Å²) in [5.41, 5.74) is 7.96. The Morgan fingerprint density at radius 3 is 1.42 bits per heavy atom. The van der Waals surface area contributed by atoms with Crippen molar-refractivity contribution in [2.45, 2.75) is 79.3 Å². The quantitative estimate of drug-likeness (QED) is 0.0919. The van der Waals surface area contributed by atoms with Gasteiger partial charge in [-0.2, -0.15) is 10.2 Å². The Morgan fingerprint density at radius 1 is 0.631 bits per heavy atom. The Labute approximate surface area is 375 Å². The number of nitrogens with one attached hydrogen (secondary N) is 2. The first-order valence-electron chi connectivity index (χ1n) is 21.3. The van der Waals surface area contributed by atoms with E-state index in [0.717, 1.165) is 47.0 Å². The molecule has 0 fully saturated rings. The Morgan fingerprint density at radius 2 is 1.03 bits per heavy atom. The molecule has 14 nitrogen and oxygen atoms in total. The fourth-order valence-electron chi connectivity index (χ4n) is 8.28. The lowest BCUT2D eigenvalue weighted by Crippen LogP contribution is -2.29. The highest BCUT2D eigenvalue weighted by Crippen LogP contribution is 2.32. The lowest BCUT2D eigenvalue weighted by molar-refractivity contribution is 0.0599. The third kappa shape index (κ3) is 10.2. The summed E-state index contributed by atoms with van der Waals surface area (Å²) < 4.78 is 34.5. The van der Waals surface area contributed by atoms with Crippen molar-refractivity contribution in [2.24, 2.45) is 0 Å². The number of hydrogen-bond donors (Lipinski definition) is 3. The molecule has 0 spiro atoms. The van der Waals surface area contributed by atoms with E-state index in [2.05, 4.69) is 30.6 Å². The Hall–Kier alpha value is -7.36. The number of halogens is 2. The van der Waals surface area contributed by atoms with E-state index in [1.54, 1.807) is 48.5 Å². The zero-order valence-electron chi connectivity index (χ0n) is 37.0. The highest BCUT2D eigenvalue weighted by molar-refractivity contribution is 6.01. The average Bonchev–Trinajstić information content (AvgIpc) is 4.06. The van der Waals surface area contributed by atoms with Crippen LogP contribution in [0.25, 0.3) is 0 Å². The molecule has 8 rings (SSSR count). The van der Waals surface area contributed by atoms with Gasteiger partial charge in [-0.25, -0.2) is 27.7 Å². The van der Waals surface area contributed by atoms with Gasteiger partial charge in [0.25, 0.3) is 11.8 Å². The number of alkyl halides is 2. The highest BCUT2D eigenvalue weighted by Gasteiger charge is 2.32. The number of aromatic carboxylic acids is 1. The van der Waals surface area contributed by atoms with Gasteiger partial charge >= 0.3 is 11.9 Å². The van der Waals surface area contributed by atoms with Crippen molar-refractivity contribution >= 4 is 35.4 Å². The van der Waals surface area contributed by atoms with E-state index in [-0.39, 0.29) is 29.5 Å². The van der Waals surface area contributed by atoms with Crippen LogP contribution in [0, 0.1) is 13.8 Å². The maximum absolute atomic E-state index is 13.3. The minimum absolute atomic E-state index is 0.199. The van der Waals surface area contributed by atoms with E-state index in [4.69, 9.17) is 9.84 Å². The number of anilines is 2. The first-order valence-corrected chi connectivity index (χ1v) is 21.3. The summed E-state index contributed by atoms with van der Waals surface area (Å²) in [7, 11) is 1.34. The molecular weight excluding hydrogens is 835 g/mol. The number of esters is 1. The van der Waals surface area contributed by atoms with E-state index < -0.39 is 25.3 Å². The normalized spacial score (nSPS) is 13.6. The lowest BCUT2D eigenvalue weighted by Gasteiger charge is -2.20. The van der Waals surface area contributed by atoms with Gasteiger partial charge in [-0.1, -0.05) is 72.8 Å². The molecule has 65 heavy (non-hydrogen) atoms. The van der Waals surface area contributed by atoms with Gasteiger partial charge in [0.05, 0.1) is 54.8 Å². The second kappa shape index (κ2) is 20.0. The van der Waals surface area contributed by atoms with Crippen LogP contribution in [0.15, 0.2) is 97.1 Å². The van der Waals surface area contributed by atoms with Crippen LogP contribution in [0.2, 0.25) is 0 Å². The summed E-state index contributed by atoms with van der Waals surface area (Å²) in [6, 6.07) is 27.7. The van der Waals surface area contributed by atoms with Crippen LogP contribution in [0.1, 0.15) is 112 Å². The predicted molar refractivity (Wildman–Crippen MR) is 241 cm³/mol. The van der Waals surface area contributed by atoms with Gasteiger partial charge in [0.15, 0.2) is 0 Å². The third-order valence-corrected chi connectivity index (χ3v) is 11.6. The van der Waals surface area contributed by atoms with Crippen molar-refractivity contribution in [2.75, 3.05) is 30.0 Å². The van der Waals surface area contributed by atoms with Gasteiger partial charge < -0.3 is 30.3 Å². The Bertz CT molecular complexity index is 2700. The van der Waals surface area contributed by atoms with Crippen molar-refractivity contribution in [3.8, 4) is 0 Å².